The first-order valence-corrected chi connectivity index (χ1v) is 11.2. The number of imidazole rings is 1. The standard InChI is InChI=1S/C25H20F3N5O2/c26-17-4-1-14(2-5-17)21-22(15-3-6-18-16(11-15)12-20(35)30-18)33-10-8-29-23(24(33)31-21)32-9-7-19(34)25(27,28)13-32/h1-6,8,10-11,19,34H,7,9,12-13H2,(H,30,35). The molecule has 2 aromatic heterocycles. The fourth-order valence-electron chi connectivity index (χ4n) is 4.76. The zero-order valence-electron chi connectivity index (χ0n) is 18.4. The maximum atomic E-state index is 14.3. The van der Waals surface area contributed by atoms with Crippen LogP contribution in [0.25, 0.3) is 28.2 Å². The molecule has 4 aromatic rings. The molecule has 1 saturated heterocycles. The van der Waals surface area contributed by atoms with Crippen molar-refractivity contribution in [1.82, 2.24) is 14.4 Å². The van der Waals surface area contributed by atoms with Gasteiger partial charge in [-0.2, -0.15) is 0 Å². The molecule has 0 aliphatic carbocycles. The third kappa shape index (κ3) is 3.61. The first kappa shape index (κ1) is 21.6. The molecule has 178 valence electrons. The zero-order valence-corrected chi connectivity index (χ0v) is 18.4. The number of carbonyl (C=O) groups excluding carboxylic acids is 1. The second-order valence-electron chi connectivity index (χ2n) is 8.84. The van der Waals surface area contributed by atoms with Crippen molar-refractivity contribution in [2.75, 3.05) is 23.3 Å². The summed E-state index contributed by atoms with van der Waals surface area (Å²) in [5.41, 5.74) is 4.55. The SMILES string of the molecule is O=C1Cc2cc(-c3c(-c4ccc(F)cc4)nc4c(N5CCC(O)C(F)(F)C5)nccn34)ccc2N1. The first-order valence-electron chi connectivity index (χ1n) is 11.2. The van der Waals surface area contributed by atoms with E-state index in [1.807, 2.05) is 18.2 Å². The van der Waals surface area contributed by atoms with Crippen molar-refractivity contribution in [3.8, 4) is 22.5 Å². The number of fused-ring (bicyclic) bond motifs is 2. The summed E-state index contributed by atoms with van der Waals surface area (Å²) in [5.74, 6) is -3.49. The molecule has 1 amide bonds. The molecule has 2 aliphatic rings. The van der Waals surface area contributed by atoms with E-state index in [0.29, 0.717) is 22.6 Å². The molecule has 35 heavy (non-hydrogen) atoms. The number of nitrogens with one attached hydrogen (secondary N) is 1. The molecule has 0 saturated carbocycles. The van der Waals surface area contributed by atoms with E-state index in [1.165, 1.54) is 23.2 Å². The van der Waals surface area contributed by atoms with Crippen LogP contribution in [0.5, 0.6) is 0 Å². The maximum Gasteiger partial charge on any atom is 0.290 e. The number of piperidine rings is 1. The van der Waals surface area contributed by atoms with Crippen molar-refractivity contribution in [1.29, 1.82) is 0 Å². The Morgan fingerprint density at radius 2 is 1.89 bits per heavy atom. The van der Waals surface area contributed by atoms with Gasteiger partial charge in [-0.25, -0.2) is 23.1 Å². The third-order valence-electron chi connectivity index (χ3n) is 6.51. The first-order chi connectivity index (χ1) is 16.8. The number of benzene rings is 2. The van der Waals surface area contributed by atoms with E-state index in [0.717, 1.165) is 16.8 Å². The van der Waals surface area contributed by atoms with Crippen molar-refractivity contribution in [3.05, 3.63) is 66.2 Å². The minimum atomic E-state index is -3.28. The predicted octanol–water partition coefficient (Wildman–Crippen LogP) is 3.90. The number of nitrogens with zero attached hydrogens (tertiary/aromatic N) is 4. The van der Waals surface area contributed by atoms with Crippen molar-refractivity contribution < 1.29 is 23.1 Å². The Morgan fingerprint density at radius 3 is 2.66 bits per heavy atom. The summed E-state index contributed by atoms with van der Waals surface area (Å²) >= 11 is 0. The van der Waals surface area contributed by atoms with Gasteiger partial charge in [-0.1, -0.05) is 6.07 Å². The number of aliphatic hydroxyl groups is 1. The highest BCUT2D eigenvalue weighted by molar-refractivity contribution is 6.00. The Hall–Kier alpha value is -3.92. The van der Waals surface area contributed by atoms with Crippen LogP contribution in [0, 0.1) is 5.82 Å². The number of hydrogen-bond donors (Lipinski definition) is 2. The van der Waals surface area contributed by atoms with Crippen molar-refractivity contribution >= 4 is 23.1 Å². The largest absolute Gasteiger partial charge is 0.387 e. The predicted molar refractivity (Wildman–Crippen MR) is 124 cm³/mol. The van der Waals surface area contributed by atoms with Gasteiger partial charge in [0, 0.05) is 35.8 Å². The van der Waals surface area contributed by atoms with Gasteiger partial charge in [-0.3, -0.25) is 9.20 Å². The Bertz CT molecular complexity index is 1470. The van der Waals surface area contributed by atoms with Gasteiger partial charge in [0.2, 0.25) is 5.91 Å². The Balaban J connectivity index is 1.55. The molecule has 2 N–H and O–H groups in total. The molecule has 1 fully saturated rings. The molecule has 0 radical (unpaired) electrons. The molecule has 10 heteroatoms. The summed E-state index contributed by atoms with van der Waals surface area (Å²) in [5, 5.41) is 12.5. The number of carbonyl (C=O) groups is 1. The van der Waals surface area contributed by atoms with Gasteiger partial charge < -0.3 is 15.3 Å². The van der Waals surface area contributed by atoms with Crippen LogP contribution in [-0.2, 0) is 11.2 Å². The van der Waals surface area contributed by atoms with Crippen LogP contribution < -0.4 is 10.2 Å². The highest BCUT2D eigenvalue weighted by Crippen LogP contribution is 2.38. The normalized spacial score (nSPS) is 19.1. The molecular formula is C25H20F3N5O2. The Morgan fingerprint density at radius 1 is 1.11 bits per heavy atom. The van der Waals surface area contributed by atoms with E-state index in [2.05, 4.69) is 10.3 Å². The van der Waals surface area contributed by atoms with Gasteiger partial charge in [-0.05, 0) is 48.4 Å². The Kier molecular flexibility index (Phi) is 4.82. The van der Waals surface area contributed by atoms with Crippen molar-refractivity contribution in [2.45, 2.75) is 24.9 Å². The lowest BCUT2D eigenvalue weighted by Crippen LogP contribution is -2.52. The van der Waals surface area contributed by atoms with Gasteiger partial charge in [0.05, 0.1) is 24.4 Å². The zero-order chi connectivity index (χ0) is 24.3. The van der Waals surface area contributed by atoms with E-state index in [9.17, 15) is 23.1 Å². The lowest BCUT2D eigenvalue weighted by atomic mass is 10.0. The summed E-state index contributed by atoms with van der Waals surface area (Å²) < 4.78 is 44.1. The second kappa shape index (κ2) is 7.81. The highest BCUT2D eigenvalue weighted by atomic mass is 19.3. The number of aromatic nitrogens is 3. The summed E-state index contributed by atoms with van der Waals surface area (Å²) in [4.78, 5) is 22.4. The lowest BCUT2D eigenvalue weighted by Gasteiger charge is -2.36. The molecule has 2 aliphatic heterocycles. The number of rotatable bonds is 3. The van der Waals surface area contributed by atoms with Crippen LogP contribution in [0.15, 0.2) is 54.9 Å². The van der Waals surface area contributed by atoms with Gasteiger partial charge in [0.1, 0.15) is 11.9 Å². The lowest BCUT2D eigenvalue weighted by molar-refractivity contribution is -0.115. The monoisotopic (exact) mass is 479 g/mol. The topological polar surface area (TPSA) is 82.8 Å². The van der Waals surface area contributed by atoms with E-state index in [4.69, 9.17) is 4.98 Å². The molecule has 0 bridgehead atoms. The van der Waals surface area contributed by atoms with E-state index < -0.39 is 24.4 Å². The van der Waals surface area contributed by atoms with Gasteiger partial charge in [0.15, 0.2) is 11.5 Å². The van der Waals surface area contributed by atoms with Crippen LogP contribution in [0.1, 0.15) is 12.0 Å². The molecule has 0 spiro atoms. The van der Waals surface area contributed by atoms with Crippen LogP contribution in [0.3, 0.4) is 0 Å². The van der Waals surface area contributed by atoms with Gasteiger partial charge >= 0.3 is 0 Å². The summed E-state index contributed by atoms with van der Waals surface area (Å²) in [7, 11) is 0. The average molecular weight is 479 g/mol. The van der Waals surface area contributed by atoms with Crippen molar-refractivity contribution in [2.24, 2.45) is 0 Å². The quantitative estimate of drug-likeness (QED) is 0.466. The minimum Gasteiger partial charge on any atom is -0.387 e. The van der Waals surface area contributed by atoms with Crippen LogP contribution >= 0.6 is 0 Å². The molecule has 1 unspecified atom stereocenters. The molecule has 2 aromatic carbocycles. The fraction of sp³-hybridized carbons (Fsp3) is 0.240. The summed E-state index contributed by atoms with van der Waals surface area (Å²) in [6, 6.07) is 11.5. The van der Waals surface area contributed by atoms with Crippen LogP contribution in [0.4, 0.5) is 24.7 Å². The maximum absolute atomic E-state index is 14.3. The Labute approximate surface area is 197 Å². The molecule has 1 atom stereocenters. The van der Waals surface area contributed by atoms with Crippen molar-refractivity contribution in [3.63, 3.8) is 0 Å². The van der Waals surface area contributed by atoms with Crippen LogP contribution in [-0.4, -0.2) is 50.5 Å². The molecule has 6 rings (SSSR count). The van der Waals surface area contributed by atoms with E-state index in [1.54, 1.807) is 22.7 Å². The number of alkyl halides is 2. The van der Waals surface area contributed by atoms with Gasteiger partial charge in [0.25, 0.3) is 5.92 Å². The number of hydrogen-bond acceptors (Lipinski definition) is 5. The van der Waals surface area contributed by atoms with Gasteiger partial charge in [-0.15, -0.1) is 0 Å². The average Bonchev–Trinajstić information content (AvgIpc) is 3.40. The summed E-state index contributed by atoms with van der Waals surface area (Å²) in [6.07, 6.45) is 1.67. The molecule has 7 nitrogen and oxygen atoms in total. The second-order valence-corrected chi connectivity index (χ2v) is 8.84. The molecular weight excluding hydrogens is 459 g/mol. The fourth-order valence-corrected chi connectivity index (χ4v) is 4.76. The van der Waals surface area contributed by atoms with E-state index >= 15 is 0 Å². The number of aliphatic hydroxyl groups excluding tert-OH is 1. The molecule has 4 heterocycles. The smallest absolute Gasteiger partial charge is 0.290 e. The third-order valence-corrected chi connectivity index (χ3v) is 6.51. The number of halogens is 3. The van der Waals surface area contributed by atoms with E-state index in [-0.39, 0.29) is 31.1 Å². The number of amides is 1. The number of anilines is 2. The summed E-state index contributed by atoms with van der Waals surface area (Å²) in [6.45, 7) is -0.480. The minimum absolute atomic E-state index is 0.0891. The van der Waals surface area contributed by atoms with Crippen LogP contribution in [0.2, 0.25) is 0 Å². The highest BCUT2D eigenvalue weighted by Gasteiger charge is 2.44.